The molecule has 6 heteroatoms. The molecule has 86 valence electrons. The number of alkyl halides is 3. The molecule has 0 aromatic carbocycles. The first-order valence-corrected chi connectivity index (χ1v) is 4.61. The maximum Gasteiger partial charge on any atom is 0.436 e. The van der Waals surface area contributed by atoms with Crippen LogP contribution in [-0.4, -0.2) is 15.0 Å². The van der Waals surface area contributed by atoms with Crippen LogP contribution in [0.4, 0.5) is 13.2 Å². The molecule has 1 heterocycles. The van der Waals surface area contributed by atoms with Crippen LogP contribution in [-0.2, 0) is 6.18 Å². The highest BCUT2D eigenvalue weighted by Gasteiger charge is 2.35. The average Bonchev–Trinajstić information content (AvgIpc) is 2.47. The maximum atomic E-state index is 12.2. The lowest BCUT2D eigenvalue weighted by atomic mass is 9.88. The number of nitrogens with zero attached hydrogens (tertiary/aromatic N) is 3. The van der Waals surface area contributed by atoms with Crippen LogP contribution in [0.15, 0.2) is 6.20 Å². The van der Waals surface area contributed by atoms with E-state index in [0.717, 1.165) is 6.20 Å². The van der Waals surface area contributed by atoms with E-state index in [-0.39, 0.29) is 11.5 Å². The topological polar surface area (TPSA) is 30.7 Å². The third-order valence-electron chi connectivity index (χ3n) is 2.45. The van der Waals surface area contributed by atoms with E-state index >= 15 is 0 Å². The predicted octanol–water partition coefficient (Wildman–Crippen LogP) is 2.90. The smallest absolute Gasteiger partial charge is 0.249 e. The van der Waals surface area contributed by atoms with Crippen LogP contribution in [0.1, 0.15) is 39.4 Å². The Morgan fingerprint density at radius 1 is 1.27 bits per heavy atom. The van der Waals surface area contributed by atoms with E-state index in [1.54, 1.807) is 0 Å². The average molecular weight is 221 g/mol. The van der Waals surface area contributed by atoms with E-state index in [2.05, 4.69) is 10.3 Å². The van der Waals surface area contributed by atoms with Crippen molar-refractivity contribution in [3.05, 3.63) is 11.9 Å². The molecule has 0 saturated carbocycles. The van der Waals surface area contributed by atoms with Crippen LogP contribution < -0.4 is 0 Å². The normalized spacial score (nSPS) is 15.4. The van der Waals surface area contributed by atoms with Crippen molar-refractivity contribution in [2.24, 2.45) is 5.41 Å². The molecular formula is C9H14F3N3. The molecule has 0 saturated heterocycles. The first-order valence-electron chi connectivity index (χ1n) is 4.61. The third kappa shape index (κ3) is 2.70. The standard InChI is InChI=1S/C9H14F3N3/c1-6(8(2,3)4)15-5-7(13-14-15)9(10,11)12/h5-6H,1-4H3. The summed E-state index contributed by atoms with van der Waals surface area (Å²) >= 11 is 0. The molecule has 1 aromatic rings. The van der Waals surface area contributed by atoms with Gasteiger partial charge in [0.2, 0.25) is 0 Å². The third-order valence-corrected chi connectivity index (χ3v) is 2.45. The van der Waals surface area contributed by atoms with Gasteiger partial charge in [0.1, 0.15) is 0 Å². The highest BCUT2D eigenvalue weighted by Crippen LogP contribution is 2.32. The van der Waals surface area contributed by atoms with Gasteiger partial charge >= 0.3 is 6.18 Å². The summed E-state index contributed by atoms with van der Waals surface area (Å²) in [6, 6.07) is -0.138. The van der Waals surface area contributed by atoms with E-state index in [1.165, 1.54) is 4.68 Å². The van der Waals surface area contributed by atoms with Crippen molar-refractivity contribution in [3.63, 3.8) is 0 Å². The molecule has 0 radical (unpaired) electrons. The van der Waals surface area contributed by atoms with E-state index in [1.807, 2.05) is 27.7 Å². The van der Waals surface area contributed by atoms with Gasteiger partial charge in [-0.3, -0.25) is 0 Å². The Kier molecular flexibility index (Phi) is 2.80. The van der Waals surface area contributed by atoms with Gasteiger partial charge in [-0.15, -0.1) is 5.10 Å². The van der Waals surface area contributed by atoms with Crippen LogP contribution in [0.5, 0.6) is 0 Å². The Morgan fingerprint density at radius 2 is 1.80 bits per heavy atom. The van der Waals surface area contributed by atoms with Crippen LogP contribution in [0.2, 0.25) is 0 Å². The van der Waals surface area contributed by atoms with Crippen molar-refractivity contribution >= 4 is 0 Å². The minimum absolute atomic E-state index is 0.138. The van der Waals surface area contributed by atoms with Gasteiger partial charge in [0.05, 0.1) is 12.2 Å². The van der Waals surface area contributed by atoms with Crippen LogP contribution >= 0.6 is 0 Å². The van der Waals surface area contributed by atoms with Gasteiger partial charge in [-0.2, -0.15) is 13.2 Å². The van der Waals surface area contributed by atoms with Crippen molar-refractivity contribution in [3.8, 4) is 0 Å². The van der Waals surface area contributed by atoms with Crippen LogP contribution in [0, 0.1) is 5.41 Å². The lowest BCUT2D eigenvalue weighted by Gasteiger charge is -2.26. The van der Waals surface area contributed by atoms with Crippen molar-refractivity contribution in [2.75, 3.05) is 0 Å². The second-order valence-corrected chi connectivity index (χ2v) is 4.62. The van der Waals surface area contributed by atoms with E-state index < -0.39 is 11.9 Å². The summed E-state index contributed by atoms with van der Waals surface area (Å²) in [6.45, 7) is 7.63. The monoisotopic (exact) mass is 221 g/mol. The molecule has 0 N–H and O–H groups in total. The zero-order chi connectivity index (χ0) is 11.9. The van der Waals surface area contributed by atoms with E-state index in [9.17, 15) is 13.2 Å². The highest BCUT2D eigenvalue weighted by atomic mass is 19.4. The quantitative estimate of drug-likeness (QED) is 0.730. The highest BCUT2D eigenvalue weighted by molar-refractivity contribution is 4.98. The molecule has 0 spiro atoms. The fourth-order valence-electron chi connectivity index (χ4n) is 0.993. The van der Waals surface area contributed by atoms with Gasteiger partial charge in [-0.25, -0.2) is 4.68 Å². The van der Waals surface area contributed by atoms with Crippen LogP contribution in [0.3, 0.4) is 0 Å². The van der Waals surface area contributed by atoms with Crippen molar-refractivity contribution in [1.29, 1.82) is 0 Å². The molecule has 0 amide bonds. The molecular weight excluding hydrogens is 207 g/mol. The van der Waals surface area contributed by atoms with Gasteiger partial charge in [-0.1, -0.05) is 26.0 Å². The predicted molar refractivity (Wildman–Crippen MR) is 49.2 cm³/mol. The summed E-state index contributed by atoms with van der Waals surface area (Å²) in [7, 11) is 0. The summed E-state index contributed by atoms with van der Waals surface area (Å²) in [5, 5.41) is 6.61. The molecule has 3 nitrogen and oxygen atoms in total. The van der Waals surface area contributed by atoms with Gasteiger partial charge in [-0.05, 0) is 12.3 Å². The molecule has 0 fully saturated rings. The molecule has 1 unspecified atom stereocenters. The van der Waals surface area contributed by atoms with Crippen molar-refractivity contribution in [2.45, 2.75) is 39.9 Å². The van der Waals surface area contributed by atoms with E-state index in [0.29, 0.717) is 0 Å². The Hall–Kier alpha value is -1.07. The zero-order valence-electron chi connectivity index (χ0n) is 9.13. The van der Waals surface area contributed by atoms with E-state index in [4.69, 9.17) is 0 Å². The maximum absolute atomic E-state index is 12.2. The number of hydrogen-bond acceptors (Lipinski definition) is 2. The number of rotatable bonds is 1. The van der Waals surface area contributed by atoms with Crippen LogP contribution in [0.25, 0.3) is 0 Å². The fraction of sp³-hybridized carbons (Fsp3) is 0.778. The SMILES string of the molecule is CC(n1cc(C(F)(F)F)nn1)C(C)(C)C. The molecule has 0 aliphatic rings. The van der Waals surface area contributed by atoms with Gasteiger partial charge in [0, 0.05) is 0 Å². The minimum Gasteiger partial charge on any atom is -0.249 e. The molecule has 15 heavy (non-hydrogen) atoms. The second kappa shape index (κ2) is 3.50. The number of hydrogen-bond donors (Lipinski definition) is 0. The second-order valence-electron chi connectivity index (χ2n) is 4.62. The molecule has 1 atom stereocenters. The lowest BCUT2D eigenvalue weighted by molar-refractivity contribution is -0.141. The molecule has 1 rings (SSSR count). The summed E-state index contributed by atoms with van der Waals surface area (Å²) in [5.41, 5.74) is -1.10. The molecule has 0 aliphatic carbocycles. The van der Waals surface area contributed by atoms with Gasteiger partial charge < -0.3 is 0 Å². The summed E-state index contributed by atoms with van der Waals surface area (Å²) < 4.78 is 38.0. The Bertz CT molecular complexity index is 335. The van der Waals surface area contributed by atoms with Crippen molar-refractivity contribution < 1.29 is 13.2 Å². The largest absolute Gasteiger partial charge is 0.436 e. The van der Waals surface area contributed by atoms with Gasteiger partial charge in [0.25, 0.3) is 0 Å². The lowest BCUT2D eigenvalue weighted by Crippen LogP contribution is -2.22. The number of aromatic nitrogens is 3. The summed E-state index contributed by atoms with van der Waals surface area (Å²) in [6.07, 6.45) is -3.48. The minimum atomic E-state index is -4.42. The summed E-state index contributed by atoms with van der Waals surface area (Å²) in [5.74, 6) is 0. The first-order chi connectivity index (χ1) is 6.62. The Morgan fingerprint density at radius 3 is 2.13 bits per heavy atom. The van der Waals surface area contributed by atoms with Gasteiger partial charge in [0.15, 0.2) is 5.69 Å². The Labute approximate surface area is 86.3 Å². The summed E-state index contributed by atoms with van der Waals surface area (Å²) in [4.78, 5) is 0. The molecule has 0 aliphatic heterocycles. The fourth-order valence-corrected chi connectivity index (χ4v) is 0.993. The molecule has 1 aromatic heterocycles. The Balaban J connectivity index is 2.95. The first kappa shape index (κ1) is 12.0. The zero-order valence-corrected chi connectivity index (χ0v) is 9.13. The molecule has 0 bridgehead atoms. The van der Waals surface area contributed by atoms with Crippen molar-refractivity contribution in [1.82, 2.24) is 15.0 Å². The number of halogens is 3.